The van der Waals surface area contributed by atoms with Gasteiger partial charge in [0.1, 0.15) is 0 Å². The third-order valence-electron chi connectivity index (χ3n) is 1.62. The third-order valence-corrected chi connectivity index (χ3v) is 1.86. The molecule has 58 valence electrons. The van der Waals surface area contributed by atoms with Gasteiger partial charge in [-0.2, -0.15) is 0 Å². The van der Waals surface area contributed by atoms with Crippen LogP contribution in [0.15, 0.2) is 18.2 Å². The van der Waals surface area contributed by atoms with E-state index >= 15 is 0 Å². The van der Waals surface area contributed by atoms with Crippen molar-refractivity contribution in [1.29, 1.82) is 0 Å². The third kappa shape index (κ3) is 1.84. The molecule has 0 spiro atoms. The van der Waals surface area contributed by atoms with Crippen LogP contribution >= 0.6 is 12.6 Å². The molecule has 0 fully saturated rings. The first-order valence-electron chi connectivity index (χ1n) is 3.42. The minimum absolute atomic E-state index is 0.161. The molecule has 0 saturated heterocycles. The maximum Gasteiger partial charge on any atom is 0.216 e. The zero-order valence-corrected chi connectivity index (χ0v) is 7.48. The van der Waals surface area contributed by atoms with Gasteiger partial charge in [0.2, 0.25) is 5.12 Å². The molecule has 0 unspecified atom stereocenters. The van der Waals surface area contributed by atoms with Crippen molar-refractivity contribution in [1.82, 2.24) is 0 Å². The lowest BCUT2D eigenvalue weighted by Crippen LogP contribution is -1.93. The van der Waals surface area contributed by atoms with Gasteiger partial charge in [0.25, 0.3) is 0 Å². The Balaban J connectivity index is 3.23. The Labute approximate surface area is 71.8 Å². The van der Waals surface area contributed by atoms with Gasteiger partial charge in [0, 0.05) is 5.56 Å². The number of thiol groups is 1. The van der Waals surface area contributed by atoms with E-state index in [9.17, 15) is 4.79 Å². The van der Waals surface area contributed by atoms with Crippen LogP contribution in [0.4, 0.5) is 0 Å². The quantitative estimate of drug-likeness (QED) is 0.634. The molecule has 0 aliphatic rings. The number of benzene rings is 1. The molecule has 0 N–H and O–H groups in total. The second kappa shape index (κ2) is 3.09. The van der Waals surface area contributed by atoms with Crippen LogP contribution < -0.4 is 0 Å². The molecule has 0 heterocycles. The molecule has 0 aromatic heterocycles. The number of carbonyl (C=O) groups is 1. The van der Waals surface area contributed by atoms with Crippen LogP contribution in [0.25, 0.3) is 0 Å². The average Bonchev–Trinajstić information content (AvgIpc) is 1.94. The van der Waals surface area contributed by atoms with Gasteiger partial charge in [0.15, 0.2) is 0 Å². The van der Waals surface area contributed by atoms with Crippen molar-refractivity contribution in [2.45, 2.75) is 13.8 Å². The molecule has 1 aromatic rings. The molecule has 0 radical (unpaired) electrons. The highest BCUT2D eigenvalue weighted by Gasteiger charge is 2.03. The summed E-state index contributed by atoms with van der Waals surface area (Å²) >= 11 is 3.77. The lowest BCUT2D eigenvalue weighted by Gasteiger charge is -2.00. The molecular weight excluding hydrogens is 156 g/mol. The summed E-state index contributed by atoms with van der Waals surface area (Å²) in [6.45, 7) is 3.86. The standard InChI is InChI=1S/C9H10OS/c1-6-3-4-7(2)8(5-6)9(10)11/h3-5H,1-2H3,(H,10,11). The van der Waals surface area contributed by atoms with Crippen molar-refractivity contribution in [3.05, 3.63) is 34.9 Å². The first kappa shape index (κ1) is 8.34. The zero-order chi connectivity index (χ0) is 8.43. The lowest BCUT2D eigenvalue weighted by atomic mass is 10.1. The van der Waals surface area contributed by atoms with Crippen molar-refractivity contribution in [3.8, 4) is 0 Å². The van der Waals surface area contributed by atoms with Gasteiger partial charge in [-0.3, -0.25) is 4.79 Å². The largest absolute Gasteiger partial charge is 0.282 e. The normalized spacial score (nSPS) is 9.73. The molecule has 0 saturated carbocycles. The van der Waals surface area contributed by atoms with E-state index in [4.69, 9.17) is 0 Å². The van der Waals surface area contributed by atoms with Crippen LogP contribution in [0.2, 0.25) is 0 Å². The molecule has 0 amide bonds. The number of aryl methyl sites for hydroxylation is 2. The highest BCUT2D eigenvalue weighted by atomic mass is 32.1. The van der Waals surface area contributed by atoms with Crippen LogP contribution in [0, 0.1) is 13.8 Å². The van der Waals surface area contributed by atoms with Crippen molar-refractivity contribution >= 4 is 17.7 Å². The second-order valence-corrected chi connectivity index (χ2v) is 3.03. The first-order valence-corrected chi connectivity index (χ1v) is 3.86. The molecule has 2 heteroatoms. The summed E-state index contributed by atoms with van der Waals surface area (Å²) in [6, 6.07) is 5.76. The number of hydrogen-bond acceptors (Lipinski definition) is 1. The minimum atomic E-state index is -0.161. The maximum absolute atomic E-state index is 10.9. The van der Waals surface area contributed by atoms with Gasteiger partial charge in [-0.15, -0.1) is 12.6 Å². The van der Waals surface area contributed by atoms with E-state index in [2.05, 4.69) is 12.6 Å². The molecule has 0 bridgehead atoms. The SMILES string of the molecule is Cc1ccc(C)c(C(=O)S)c1. The minimum Gasteiger partial charge on any atom is -0.282 e. The summed E-state index contributed by atoms with van der Waals surface area (Å²) in [6.07, 6.45) is 0. The summed E-state index contributed by atoms with van der Waals surface area (Å²) in [5.41, 5.74) is 2.77. The van der Waals surface area contributed by atoms with Gasteiger partial charge in [-0.25, -0.2) is 0 Å². The zero-order valence-electron chi connectivity index (χ0n) is 6.59. The van der Waals surface area contributed by atoms with E-state index < -0.39 is 0 Å². The summed E-state index contributed by atoms with van der Waals surface area (Å²) in [7, 11) is 0. The molecule has 1 rings (SSSR count). The predicted octanol–water partition coefficient (Wildman–Crippen LogP) is 2.37. The highest BCUT2D eigenvalue weighted by Crippen LogP contribution is 2.12. The van der Waals surface area contributed by atoms with Crippen molar-refractivity contribution in [3.63, 3.8) is 0 Å². The van der Waals surface area contributed by atoms with Crippen LogP contribution in [0.3, 0.4) is 0 Å². The second-order valence-electron chi connectivity index (χ2n) is 2.62. The van der Waals surface area contributed by atoms with Gasteiger partial charge < -0.3 is 0 Å². The molecule has 0 atom stereocenters. The number of rotatable bonds is 1. The Morgan fingerprint density at radius 3 is 2.45 bits per heavy atom. The van der Waals surface area contributed by atoms with E-state index in [1.807, 2.05) is 32.0 Å². The Bertz CT molecular complexity index is 292. The molecule has 0 aliphatic carbocycles. The topological polar surface area (TPSA) is 17.1 Å². The fourth-order valence-electron chi connectivity index (χ4n) is 0.966. The monoisotopic (exact) mass is 166 g/mol. The summed E-state index contributed by atoms with van der Waals surface area (Å²) in [5.74, 6) is 0. The summed E-state index contributed by atoms with van der Waals surface area (Å²) < 4.78 is 0. The van der Waals surface area contributed by atoms with Gasteiger partial charge in [-0.05, 0) is 25.5 Å². The van der Waals surface area contributed by atoms with E-state index in [1.54, 1.807) is 0 Å². The van der Waals surface area contributed by atoms with Gasteiger partial charge >= 0.3 is 0 Å². The fraction of sp³-hybridized carbons (Fsp3) is 0.222. The Kier molecular flexibility index (Phi) is 2.35. The average molecular weight is 166 g/mol. The van der Waals surface area contributed by atoms with E-state index in [0.717, 1.165) is 11.1 Å². The van der Waals surface area contributed by atoms with Gasteiger partial charge in [-0.1, -0.05) is 17.7 Å². The van der Waals surface area contributed by atoms with Crippen LogP contribution in [-0.4, -0.2) is 5.12 Å². The van der Waals surface area contributed by atoms with Crippen molar-refractivity contribution in [2.24, 2.45) is 0 Å². The van der Waals surface area contributed by atoms with Crippen LogP contribution in [0.5, 0.6) is 0 Å². The highest BCUT2D eigenvalue weighted by molar-refractivity contribution is 7.97. The van der Waals surface area contributed by atoms with E-state index in [1.165, 1.54) is 0 Å². The molecule has 11 heavy (non-hydrogen) atoms. The smallest absolute Gasteiger partial charge is 0.216 e. The number of hydrogen-bond donors (Lipinski definition) is 1. The predicted molar refractivity (Wildman–Crippen MR) is 49.2 cm³/mol. The molecule has 1 aromatic carbocycles. The van der Waals surface area contributed by atoms with Crippen molar-refractivity contribution < 1.29 is 4.79 Å². The number of carbonyl (C=O) groups excluding carboxylic acids is 1. The molecular formula is C9H10OS. The van der Waals surface area contributed by atoms with Crippen LogP contribution in [0.1, 0.15) is 21.5 Å². The van der Waals surface area contributed by atoms with E-state index in [-0.39, 0.29) is 5.12 Å². The Hall–Kier alpha value is -0.760. The fourth-order valence-corrected chi connectivity index (χ4v) is 1.21. The summed E-state index contributed by atoms with van der Waals surface area (Å²) in [4.78, 5) is 10.9. The van der Waals surface area contributed by atoms with Crippen molar-refractivity contribution in [2.75, 3.05) is 0 Å². The van der Waals surface area contributed by atoms with E-state index in [0.29, 0.717) is 5.56 Å². The molecule has 0 aliphatic heterocycles. The van der Waals surface area contributed by atoms with Gasteiger partial charge in [0.05, 0.1) is 0 Å². The summed E-state index contributed by atoms with van der Waals surface area (Å²) in [5, 5.41) is -0.161. The van der Waals surface area contributed by atoms with Crippen LogP contribution in [-0.2, 0) is 0 Å². The Morgan fingerprint density at radius 2 is 2.00 bits per heavy atom. The first-order chi connectivity index (χ1) is 5.11. The Morgan fingerprint density at radius 1 is 1.36 bits per heavy atom. The lowest BCUT2D eigenvalue weighted by molar-refractivity contribution is 0.109. The molecule has 1 nitrogen and oxygen atoms in total. The maximum atomic E-state index is 10.9.